The predicted molar refractivity (Wildman–Crippen MR) is 82.8 cm³/mol. The molecule has 0 amide bonds. The second kappa shape index (κ2) is 5.41. The maximum absolute atomic E-state index is 11.3. The summed E-state index contributed by atoms with van der Waals surface area (Å²) in [5.41, 5.74) is 2.87. The molecule has 2 aromatic rings. The fourth-order valence-corrected chi connectivity index (χ4v) is 3.50. The van der Waals surface area contributed by atoms with Gasteiger partial charge in [0.25, 0.3) is 0 Å². The van der Waals surface area contributed by atoms with Crippen molar-refractivity contribution in [3.05, 3.63) is 35.0 Å². The van der Waals surface area contributed by atoms with Gasteiger partial charge in [-0.15, -0.1) is 0 Å². The molecule has 118 valence electrons. The Kier molecular flexibility index (Phi) is 3.70. The molecular formula is C17H21NO4. The van der Waals surface area contributed by atoms with Gasteiger partial charge in [0, 0.05) is 10.9 Å². The zero-order valence-electron chi connectivity index (χ0n) is 12.8. The summed E-state index contributed by atoms with van der Waals surface area (Å²) < 4.78 is 5.91. The van der Waals surface area contributed by atoms with Gasteiger partial charge >= 0.3 is 5.97 Å². The zero-order chi connectivity index (χ0) is 15.9. The molecule has 2 heterocycles. The smallest absolute Gasteiger partial charge is 0.306 e. The van der Waals surface area contributed by atoms with E-state index in [0.29, 0.717) is 13.0 Å². The first-order valence-corrected chi connectivity index (χ1v) is 7.66. The number of benzene rings is 1. The summed E-state index contributed by atoms with van der Waals surface area (Å²) in [7, 11) is 0. The third-order valence-corrected chi connectivity index (χ3v) is 4.62. The van der Waals surface area contributed by atoms with Crippen molar-refractivity contribution >= 4 is 16.9 Å². The number of aliphatic carboxylic acids is 1. The van der Waals surface area contributed by atoms with Crippen LogP contribution in [-0.2, 0) is 21.6 Å². The lowest BCUT2D eigenvalue weighted by Gasteiger charge is -2.35. The summed E-state index contributed by atoms with van der Waals surface area (Å²) in [6, 6.07) is 5.84. The van der Waals surface area contributed by atoms with Crippen LogP contribution in [0.3, 0.4) is 0 Å². The average molecular weight is 303 g/mol. The number of aromatic nitrogens is 1. The van der Waals surface area contributed by atoms with Gasteiger partial charge in [-0.05, 0) is 25.3 Å². The van der Waals surface area contributed by atoms with Crippen LogP contribution >= 0.6 is 0 Å². The molecule has 2 atom stereocenters. The molecular weight excluding hydrogens is 282 g/mol. The number of carboxylic acid groups (broad SMARTS) is 1. The molecule has 0 aliphatic carbocycles. The Morgan fingerprint density at radius 1 is 1.50 bits per heavy atom. The number of fused-ring (bicyclic) bond motifs is 3. The van der Waals surface area contributed by atoms with Gasteiger partial charge < -0.3 is 19.9 Å². The summed E-state index contributed by atoms with van der Waals surface area (Å²) in [5, 5.41) is 20.3. The van der Waals surface area contributed by atoms with Crippen molar-refractivity contribution in [2.45, 2.75) is 44.8 Å². The molecule has 1 aromatic heterocycles. The number of hydrogen-bond acceptors (Lipinski definition) is 3. The van der Waals surface area contributed by atoms with Gasteiger partial charge in [0.1, 0.15) is 5.60 Å². The third kappa shape index (κ3) is 2.21. The van der Waals surface area contributed by atoms with Gasteiger partial charge in [-0.1, -0.05) is 25.1 Å². The molecule has 3 N–H and O–H groups in total. The molecule has 22 heavy (non-hydrogen) atoms. The number of carboxylic acids is 1. The topological polar surface area (TPSA) is 82.5 Å². The lowest BCUT2D eigenvalue weighted by atomic mass is 9.86. The Hall–Kier alpha value is -1.85. The van der Waals surface area contributed by atoms with E-state index in [1.165, 1.54) is 0 Å². The van der Waals surface area contributed by atoms with E-state index in [0.717, 1.165) is 34.1 Å². The molecule has 0 radical (unpaired) electrons. The Morgan fingerprint density at radius 2 is 2.27 bits per heavy atom. The van der Waals surface area contributed by atoms with Crippen LogP contribution in [-0.4, -0.2) is 27.8 Å². The summed E-state index contributed by atoms with van der Waals surface area (Å²) in [4.78, 5) is 14.7. The van der Waals surface area contributed by atoms with Gasteiger partial charge in [0.15, 0.2) is 0 Å². The molecule has 0 saturated carbocycles. The summed E-state index contributed by atoms with van der Waals surface area (Å²) in [5.74, 6) is -0.871. The van der Waals surface area contributed by atoms with E-state index in [1.54, 1.807) is 6.92 Å². The molecule has 3 rings (SSSR count). The largest absolute Gasteiger partial charge is 0.481 e. The summed E-state index contributed by atoms with van der Waals surface area (Å²) >= 11 is 0. The molecule has 1 aliphatic rings. The van der Waals surface area contributed by atoms with Gasteiger partial charge in [-0.2, -0.15) is 0 Å². The molecule has 5 nitrogen and oxygen atoms in total. The Labute approximate surface area is 128 Å². The number of para-hydroxylation sites is 1. The minimum Gasteiger partial charge on any atom is -0.481 e. The van der Waals surface area contributed by atoms with E-state index in [4.69, 9.17) is 4.74 Å². The third-order valence-electron chi connectivity index (χ3n) is 4.62. The lowest BCUT2D eigenvalue weighted by Crippen LogP contribution is -2.37. The number of aliphatic hydroxyl groups excluding tert-OH is 1. The minimum atomic E-state index is -0.871. The van der Waals surface area contributed by atoms with Crippen molar-refractivity contribution in [1.29, 1.82) is 0 Å². The predicted octanol–water partition coefficient (Wildman–Crippen LogP) is 2.87. The van der Waals surface area contributed by atoms with Crippen molar-refractivity contribution in [2.75, 3.05) is 6.61 Å². The maximum atomic E-state index is 11.3. The van der Waals surface area contributed by atoms with E-state index in [1.807, 2.05) is 25.1 Å². The molecule has 5 heteroatoms. The standard InChI is InChI=1S/C17H21NO4/c1-3-17(9-14(20)21)16-13(7-8-22-17)12-6-4-5-11(10(2)19)15(12)18-16/h4-6,10,18-19H,3,7-9H2,1-2H3,(H,20,21)/t10-,17?/m0/s1. The van der Waals surface area contributed by atoms with Crippen LogP contribution in [0.1, 0.15) is 49.6 Å². The molecule has 0 saturated heterocycles. The number of hydrogen-bond donors (Lipinski definition) is 3. The fourth-order valence-electron chi connectivity index (χ4n) is 3.50. The van der Waals surface area contributed by atoms with Crippen LogP contribution in [0.4, 0.5) is 0 Å². The van der Waals surface area contributed by atoms with Gasteiger partial charge in [-0.25, -0.2) is 0 Å². The number of nitrogens with one attached hydrogen (secondary N) is 1. The van der Waals surface area contributed by atoms with Crippen LogP contribution in [0.15, 0.2) is 18.2 Å². The van der Waals surface area contributed by atoms with Gasteiger partial charge in [-0.3, -0.25) is 4.79 Å². The number of ether oxygens (including phenoxy) is 1. The van der Waals surface area contributed by atoms with E-state index in [9.17, 15) is 15.0 Å². The second-order valence-electron chi connectivity index (χ2n) is 5.94. The number of carbonyl (C=O) groups is 1. The first kappa shape index (κ1) is 15.1. The Morgan fingerprint density at radius 3 is 2.91 bits per heavy atom. The lowest BCUT2D eigenvalue weighted by molar-refractivity contribution is -0.148. The van der Waals surface area contributed by atoms with Crippen molar-refractivity contribution in [1.82, 2.24) is 4.98 Å². The number of aromatic amines is 1. The van der Waals surface area contributed by atoms with Crippen LogP contribution in [0, 0.1) is 0 Å². The number of H-pyrrole nitrogens is 1. The highest BCUT2D eigenvalue weighted by molar-refractivity contribution is 5.88. The highest BCUT2D eigenvalue weighted by Gasteiger charge is 2.41. The first-order valence-electron chi connectivity index (χ1n) is 7.66. The maximum Gasteiger partial charge on any atom is 0.306 e. The van der Waals surface area contributed by atoms with Gasteiger partial charge in [0.2, 0.25) is 0 Å². The first-order chi connectivity index (χ1) is 10.5. The van der Waals surface area contributed by atoms with E-state index >= 15 is 0 Å². The normalized spacial score (nSPS) is 22.5. The van der Waals surface area contributed by atoms with Crippen molar-refractivity contribution < 1.29 is 19.7 Å². The second-order valence-corrected chi connectivity index (χ2v) is 5.94. The molecule has 1 unspecified atom stereocenters. The molecule has 1 aliphatic heterocycles. The van der Waals surface area contributed by atoms with E-state index in [2.05, 4.69) is 4.98 Å². The van der Waals surface area contributed by atoms with E-state index < -0.39 is 17.7 Å². The van der Waals surface area contributed by atoms with Crippen molar-refractivity contribution in [3.8, 4) is 0 Å². The van der Waals surface area contributed by atoms with Crippen LogP contribution in [0.5, 0.6) is 0 Å². The summed E-state index contributed by atoms with van der Waals surface area (Å²) in [6.07, 6.45) is 0.691. The van der Waals surface area contributed by atoms with Crippen LogP contribution < -0.4 is 0 Å². The van der Waals surface area contributed by atoms with Crippen molar-refractivity contribution in [2.24, 2.45) is 0 Å². The quantitative estimate of drug-likeness (QED) is 0.811. The number of rotatable bonds is 4. The van der Waals surface area contributed by atoms with E-state index in [-0.39, 0.29) is 6.42 Å². The molecule has 0 spiro atoms. The van der Waals surface area contributed by atoms with Crippen LogP contribution in [0.25, 0.3) is 10.9 Å². The SMILES string of the molecule is CCC1(CC(=O)O)OCCc2c1[nH]c1c([C@H](C)O)cccc21. The Balaban J connectivity index is 2.25. The molecule has 0 fully saturated rings. The molecule has 1 aromatic carbocycles. The monoisotopic (exact) mass is 303 g/mol. The highest BCUT2D eigenvalue weighted by Crippen LogP contribution is 2.42. The van der Waals surface area contributed by atoms with Gasteiger partial charge in [0.05, 0.1) is 30.3 Å². The fraction of sp³-hybridized carbons (Fsp3) is 0.471. The highest BCUT2D eigenvalue weighted by atomic mass is 16.5. The Bertz CT molecular complexity index is 719. The molecule has 0 bridgehead atoms. The average Bonchev–Trinajstić information content (AvgIpc) is 2.86. The van der Waals surface area contributed by atoms with Crippen LogP contribution in [0.2, 0.25) is 0 Å². The van der Waals surface area contributed by atoms with Crippen molar-refractivity contribution in [3.63, 3.8) is 0 Å². The minimum absolute atomic E-state index is 0.0622. The summed E-state index contributed by atoms with van der Waals surface area (Å²) in [6.45, 7) is 4.19. The zero-order valence-corrected chi connectivity index (χ0v) is 12.8. The number of aliphatic hydroxyl groups is 1.